The van der Waals surface area contributed by atoms with Gasteiger partial charge in [0.15, 0.2) is 0 Å². The second kappa shape index (κ2) is 8.97. The Balaban J connectivity index is 3.35. The molecule has 0 aliphatic carbocycles. The predicted octanol–water partition coefficient (Wildman–Crippen LogP) is 3.00. The lowest BCUT2D eigenvalue weighted by Gasteiger charge is -2.16. The highest BCUT2D eigenvalue weighted by atomic mass is 32.1. The van der Waals surface area contributed by atoms with Crippen LogP contribution in [0.5, 0.6) is 0 Å². The second-order valence-electron chi connectivity index (χ2n) is 2.87. The van der Waals surface area contributed by atoms with Crippen molar-refractivity contribution in [3.05, 3.63) is 0 Å². The standard InChI is InChI=1S/C8H18S4/c9-5-2-1-3-7(11)8(12)4-6-10/h7-12H,1-6H2. The maximum absolute atomic E-state index is 4.50. The Kier molecular flexibility index (Phi) is 10.0. The van der Waals surface area contributed by atoms with Crippen LogP contribution in [0.1, 0.15) is 25.7 Å². The summed E-state index contributed by atoms with van der Waals surface area (Å²) in [6.45, 7) is 0. The molecule has 0 aliphatic rings. The molecule has 2 atom stereocenters. The first kappa shape index (κ1) is 13.4. The van der Waals surface area contributed by atoms with Crippen LogP contribution < -0.4 is 0 Å². The van der Waals surface area contributed by atoms with Crippen LogP contribution in [0, 0.1) is 0 Å². The fourth-order valence-corrected chi connectivity index (χ4v) is 2.30. The quantitative estimate of drug-likeness (QED) is 0.383. The minimum absolute atomic E-state index is 0.394. The third kappa shape index (κ3) is 6.87. The van der Waals surface area contributed by atoms with E-state index in [4.69, 9.17) is 0 Å². The molecule has 0 bridgehead atoms. The summed E-state index contributed by atoms with van der Waals surface area (Å²) in [6, 6.07) is 0. The van der Waals surface area contributed by atoms with Gasteiger partial charge in [0.25, 0.3) is 0 Å². The number of thiol groups is 4. The van der Waals surface area contributed by atoms with Crippen molar-refractivity contribution in [2.45, 2.75) is 36.2 Å². The van der Waals surface area contributed by atoms with Gasteiger partial charge in [-0.25, -0.2) is 0 Å². The van der Waals surface area contributed by atoms with Gasteiger partial charge in [0.05, 0.1) is 0 Å². The minimum atomic E-state index is 0.394. The molecule has 0 N–H and O–H groups in total. The fourth-order valence-electron chi connectivity index (χ4n) is 0.982. The highest BCUT2D eigenvalue weighted by molar-refractivity contribution is 7.85. The number of hydrogen-bond acceptors (Lipinski definition) is 4. The van der Waals surface area contributed by atoms with Gasteiger partial charge >= 0.3 is 0 Å². The Morgan fingerprint density at radius 3 is 1.83 bits per heavy atom. The zero-order chi connectivity index (χ0) is 9.40. The summed E-state index contributed by atoms with van der Waals surface area (Å²) in [6.07, 6.45) is 4.58. The Bertz CT molecular complexity index is 97.1. The average molecular weight is 243 g/mol. The molecule has 0 nitrogen and oxygen atoms in total. The summed E-state index contributed by atoms with van der Waals surface area (Å²) in [7, 11) is 0. The van der Waals surface area contributed by atoms with Gasteiger partial charge in [-0.05, 0) is 30.8 Å². The van der Waals surface area contributed by atoms with Gasteiger partial charge < -0.3 is 0 Å². The Morgan fingerprint density at radius 1 is 0.750 bits per heavy atom. The Morgan fingerprint density at radius 2 is 1.33 bits per heavy atom. The Hall–Kier alpha value is 1.40. The molecule has 0 aliphatic heterocycles. The molecule has 0 fully saturated rings. The molecule has 0 aromatic heterocycles. The van der Waals surface area contributed by atoms with E-state index in [1.807, 2.05) is 0 Å². The summed E-state index contributed by atoms with van der Waals surface area (Å²) in [5, 5.41) is 0.811. The van der Waals surface area contributed by atoms with E-state index in [1.165, 1.54) is 12.8 Å². The van der Waals surface area contributed by atoms with Crippen molar-refractivity contribution in [3.8, 4) is 0 Å². The van der Waals surface area contributed by atoms with Gasteiger partial charge in [0, 0.05) is 10.5 Å². The normalized spacial score (nSPS) is 16.0. The summed E-state index contributed by atoms with van der Waals surface area (Å²) in [5.41, 5.74) is 0. The summed E-state index contributed by atoms with van der Waals surface area (Å²) in [5.74, 6) is 1.88. The first-order valence-corrected chi connectivity index (χ1v) is 6.60. The predicted molar refractivity (Wildman–Crippen MR) is 71.7 cm³/mol. The van der Waals surface area contributed by atoms with Crippen molar-refractivity contribution in [3.63, 3.8) is 0 Å². The fraction of sp³-hybridized carbons (Fsp3) is 1.00. The molecule has 0 spiro atoms. The maximum Gasteiger partial charge on any atom is 0.0141 e. The van der Waals surface area contributed by atoms with Crippen molar-refractivity contribution in [2.24, 2.45) is 0 Å². The third-order valence-corrected chi connectivity index (χ3v) is 3.82. The molecular formula is C8H18S4. The molecule has 0 saturated heterocycles. The molecule has 0 aromatic rings. The number of unbranched alkanes of at least 4 members (excludes halogenated alkanes) is 1. The molecule has 0 saturated carbocycles. The monoisotopic (exact) mass is 242 g/mol. The summed E-state index contributed by atoms with van der Waals surface area (Å²) in [4.78, 5) is 0. The van der Waals surface area contributed by atoms with Crippen LogP contribution in [0.2, 0.25) is 0 Å². The van der Waals surface area contributed by atoms with Crippen LogP contribution in [0.25, 0.3) is 0 Å². The molecule has 4 heteroatoms. The van der Waals surface area contributed by atoms with E-state index in [-0.39, 0.29) is 0 Å². The first-order chi connectivity index (χ1) is 5.72. The van der Waals surface area contributed by atoms with Gasteiger partial charge in [-0.15, -0.1) is 0 Å². The second-order valence-corrected chi connectivity index (χ2v) is 5.09. The van der Waals surface area contributed by atoms with Crippen molar-refractivity contribution >= 4 is 50.5 Å². The molecule has 0 heterocycles. The molecule has 0 rings (SSSR count). The van der Waals surface area contributed by atoms with Crippen LogP contribution in [-0.4, -0.2) is 22.0 Å². The highest BCUT2D eigenvalue weighted by Crippen LogP contribution is 2.19. The SMILES string of the molecule is SCCCCC(S)C(S)CCS. The topological polar surface area (TPSA) is 0 Å². The highest BCUT2D eigenvalue weighted by Gasteiger charge is 2.12. The smallest absolute Gasteiger partial charge is 0.0141 e. The average Bonchev–Trinajstić information content (AvgIpc) is 2.05. The lowest BCUT2D eigenvalue weighted by atomic mass is 10.1. The van der Waals surface area contributed by atoms with Crippen LogP contribution in [0.3, 0.4) is 0 Å². The molecule has 12 heavy (non-hydrogen) atoms. The summed E-state index contributed by atoms with van der Waals surface area (Å²) < 4.78 is 0. The van der Waals surface area contributed by atoms with Crippen molar-refractivity contribution in [1.29, 1.82) is 0 Å². The van der Waals surface area contributed by atoms with Crippen molar-refractivity contribution in [2.75, 3.05) is 11.5 Å². The number of rotatable bonds is 7. The molecule has 2 unspecified atom stereocenters. The van der Waals surface area contributed by atoms with Crippen LogP contribution in [-0.2, 0) is 0 Å². The lowest BCUT2D eigenvalue weighted by Crippen LogP contribution is -2.15. The molecule has 0 aromatic carbocycles. The van der Waals surface area contributed by atoms with E-state index in [9.17, 15) is 0 Å². The van der Waals surface area contributed by atoms with Gasteiger partial charge in [0.2, 0.25) is 0 Å². The largest absolute Gasteiger partial charge is 0.179 e. The molecule has 0 radical (unpaired) electrons. The van der Waals surface area contributed by atoms with Gasteiger partial charge in [-0.2, -0.15) is 50.5 Å². The van der Waals surface area contributed by atoms with E-state index >= 15 is 0 Å². The maximum atomic E-state index is 4.50. The van der Waals surface area contributed by atoms with Crippen LogP contribution in [0.15, 0.2) is 0 Å². The first-order valence-electron chi connectivity index (χ1n) is 4.30. The van der Waals surface area contributed by atoms with E-state index in [0.717, 1.165) is 24.3 Å². The lowest BCUT2D eigenvalue weighted by molar-refractivity contribution is 0.660. The summed E-state index contributed by atoms with van der Waals surface area (Å²) >= 11 is 17.3. The zero-order valence-corrected chi connectivity index (χ0v) is 10.8. The van der Waals surface area contributed by atoms with Gasteiger partial charge in [0.1, 0.15) is 0 Å². The Labute approximate surface area is 97.9 Å². The van der Waals surface area contributed by atoms with E-state index < -0.39 is 0 Å². The van der Waals surface area contributed by atoms with Gasteiger partial charge in [-0.1, -0.05) is 6.42 Å². The number of hydrogen-bond donors (Lipinski definition) is 4. The van der Waals surface area contributed by atoms with E-state index in [0.29, 0.717) is 10.5 Å². The van der Waals surface area contributed by atoms with E-state index in [1.54, 1.807) is 0 Å². The van der Waals surface area contributed by atoms with Gasteiger partial charge in [-0.3, -0.25) is 0 Å². The van der Waals surface area contributed by atoms with E-state index in [2.05, 4.69) is 50.5 Å². The molecule has 0 amide bonds. The molecule has 74 valence electrons. The molecular weight excluding hydrogens is 224 g/mol. The minimum Gasteiger partial charge on any atom is -0.179 e. The van der Waals surface area contributed by atoms with Crippen molar-refractivity contribution < 1.29 is 0 Å². The van der Waals surface area contributed by atoms with Crippen LogP contribution >= 0.6 is 50.5 Å². The van der Waals surface area contributed by atoms with Crippen LogP contribution in [0.4, 0.5) is 0 Å². The third-order valence-electron chi connectivity index (χ3n) is 1.78. The zero-order valence-electron chi connectivity index (χ0n) is 7.19. The van der Waals surface area contributed by atoms with Crippen molar-refractivity contribution in [1.82, 2.24) is 0 Å².